The Hall–Kier alpha value is -1.67. The van der Waals surface area contributed by atoms with Crippen molar-refractivity contribution < 1.29 is 17.6 Å². The summed E-state index contributed by atoms with van der Waals surface area (Å²) in [6, 6.07) is 3.78. The van der Waals surface area contributed by atoms with Crippen LogP contribution in [0.25, 0.3) is 0 Å². The normalized spacial score (nSPS) is 18.4. The summed E-state index contributed by atoms with van der Waals surface area (Å²) in [7, 11) is -3.30. The smallest absolute Gasteiger partial charge is 0.239 e. The van der Waals surface area contributed by atoms with Crippen molar-refractivity contribution in [2.45, 2.75) is 6.42 Å². The minimum atomic E-state index is -3.30. The molecule has 1 aromatic rings. The number of nitrogens with zero attached hydrogens (tertiary/aromatic N) is 1. The number of sulfonamides is 1. The topological polar surface area (TPSA) is 92.5 Å². The number of benzene rings is 1. The van der Waals surface area contributed by atoms with Crippen LogP contribution in [0.5, 0.6) is 0 Å². The molecule has 8 heteroatoms. The molecule has 0 radical (unpaired) electrons. The van der Waals surface area contributed by atoms with Crippen molar-refractivity contribution in [1.29, 1.82) is 0 Å². The van der Waals surface area contributed by atoms with Crippen molar-refractivity contribution in [2.75, 3.05) is 29.9 Å². The van der Waals surface area contributed by atoms with Crippen LogP contribution in [0.2, 0.25) is 0 Å². The van der Waals surface area contributed by atoms with Gasteiger partial charge in [-0.05, 0) is 24.6 Å². The van der Waals surface area contributed by atoms with Gasteiger partial charge in [0.15, 0.2) is 0 Å². The van der Waals surface area contributed by atoms with Gasteiger partial charge in [0.05, 0.1) is 18.0 Å². The van der Waals surface area contributed by atoms with Crippen molar-refractivity contribution in [1.82, 2.24) is 4.31 Å². The Labute approximate surface area is 110 Å². The molecule has 1 fully saturated rings. The molecular weight excluding hydrogens is 273 g/mol. The number of rotatable bonds is 3. The lowest BCUT2D eigenvalue weighted by Gasteiger charge is -2.14. The third-order valence-electron chi connectivity index (χ3n) is 2.80. The van der Waals surface area contributed by atoms with E-state index in [9.17, 15) is 17.6 Å². The molecule has 104 valence electrons. The average molecular weight is 287 g/mol. The second kappa shape index (κ2) is 5.14. The molecule has 3 N–H and O–H groups in total. The molecule has 0 aromatic heterocycles. The van der Waals surface area contributed by atoms with Crippen LogP contribution in [0.15, 0.2) is 18.2 Å². The number of carbonyl (C=O) groups excluding carboxylic acids is 1. The van der Waals surface area contributed by atoms with Gasteiger partial charge in [0.25, 0.3) is 0 Å². The molecule has 1 aliphatic rings. The maximum Gasteiger partial charge on any atom is 0.239 e. The third kappa shape index (κ3) is 3.21. The number of nitrogen functional groups attached to an aromatic ring is 1. The number of carbonyl (C=O) groups is 1. The fourth-order valence-electron chi connectivity index (χ4n) is 1.85. The monoisotopic (exact) mass is 287 g/mol. The summed E-state index contributed by atoms with van der Waals surface area (Å²) < 4.78 is 37.1. The summed E-state index contributed by atoms with van der Waals surface area (Å²) in [5.41, 5.74) is 5.63. The first kappa shape index (κ1) is 13.8. The van der Waals surface area contributed by atoms with Gasteiger partial charge in [-0.15, -0.1) is 0 Å². The summed E-state index contributed by atoms with van der Waals surface area (Å²) in [6.07, 6.45) is 0.527. The summed E-state index contributed by atoms with van der Waals surface area (Å²) in [5, 5.41) is 2.48. The molecule has 0 bridgehead atoms. The first-order valence-electron chi connectivity index (χ1n) is 5.71. The average Bonchev–Trinajstić information content (AvgIpc) is 2.63. The molecule has 1 heterocycles. The molecule has 1 aliphatic heterocycles. The van der Waals surface area contributed by atoms with Gasteiger partial charge in [0.1, 0.15) is 5.82 Å². The van der Waals surface area contributed by atoms with Crippen molar-refractivity contribution in [2.24, 2.45) is 0 Å². The lowest BCUT2D eigenvalue weighted by molar-refractivity contribution is -0.116. The van der Waals surface area contributed by atoms with Gasteiger partial charge in [0, 0.05) is 12.2 Å². The molecule has 0 saturated carbocycles. The molecule has 2 rings (SSSR count). The number of anilines is 2. The van der Waals surface area contributed by atoms with E-state index in [1.54, 1.807) is 0 Å². The van der Waals surface area contributed by atoms with Crippen LogP contribution < -0.4 is 11.1 Å². The lowest BCUT2D eigenvalue weighted by atomic mass is 10.2. The van der Waals surface area contributed by atoms with Crippen LogP contribution in [0.4, 0.5) is 15.8 Å². The van der Waals surface area contributed by atoms with E-state index in [1.165, 1.54) is 12.1 Å². The van der Waals surface area contributed by atoms with E-state index in [-0.39, 0.29) is 18.0 Å². The minimum Gasteiger partial charge on any atom is -0.396 e. The Morgan fingerprint density at radius 1 is 1.47 bits per heavy atom. The maximum absolute atomic E-state index is 12.9. The zero-order valence-corrected chi connectivity index (χ0v) is 10.9. The van der Waals surface area contributed by atoms with E-state index in [4.69, 9.17) is 5.73 Å². The standard InChI is InChI=1S/C11H14FN3O3S/c12-9-3-2-8(6-10(9)13)14-11(16)7-15-4-1-5-19(15,17)18/h2-3,6H,1,4-5,7,13H2,(H,14,16). The largest absolute Gasteiger partial charge is 0.396 e. The van der Waals surface area contributed by atoms with Gasteiger partial charge in [0.2, 0.25) is 15.9 Å². The fraction of sp³-hybridized carbons (Fsp3) is 0.364. The number of halogens is 1. The highest BCUT2D eigenvalue weighted by molar-refractivity contribution is 7.89. The number of amides is 1. The molecule has 0 spiro atoms. The number of nitrogens with one attached hydrogen (secondary N) is 1. The minimum absolute atomic E-state index is 0.0732. The van der Waals surface area contributed by atoms with Crippen LogP contribution >= 0.6 is 0 Å². The van der Waals surface area contributed by atoms with E-state index >= 15 is 0 Å². The SMILES string of the molecule is Nc1cc(NC(=O)CN2CCCS2(=O)=O)ccc1F. The fourth-order valence-corrected chi connectivity index (χ4v) is 3.32. The van der Waals surface area contributed by atoms with Crippen molar-refractivity contribution in [3.05, 3.63) is 24.0 Å². The predicted molar refractivity (Wildman–Crippen MR) is 69.4 cm³/mol. The number of hydrogen-bond donors (Lipinski definition) is 2. The van der Waals surface area contributed by atoms with E-state index in [2.05, 4.69) is 5.32 Å². The Morgan fingerprint density at radius 3 is 2.79 bits per heavy atom. The van der Waals surface area contributed by atoms with Crippen LogP contribution in [0, 0.1) is 5.82 Å². The second-order valence-corrected chi connectivity index (χ2v) is 6.38. The van der Waals surface area contributed by atoms with Gasteiger partial charge < -0.3 is 11.1 Å². The molecule has 0 atom stereocenters. The predicted octanol–water partition coefficient (Wildman–Crippen LogP) is 0.382. The van der Waals surface area contributed by atoms with Crippen LogP contribution in [-0.4, -0.2) is 37.5 Å². The second-order valence-electron chi connectivity index (χ2n) is 4.29. The third-order valence-corrected chi connectivity index (χ3v) is 4.71. The van der Waals surface area contributed by atoms with E-state index in [1.807, 2.05) is 0 Å². The van der Waals surface area contributed by atoms with Crippen molar-refractivity contribution in [3.8, 4) is 0 Å². The Balaban J connectivity index is 2.00. The molecule has 1 amide bonds. The maximum atomic E-state index is 12.9. The molecule has 1 aromatic carbocycles. The zero-order valence-electron chi connectivity index (χ0n) is 10.1. The summed E-state index contributed by atoms with van der Waals surface area (Å²) in [5.74, 6) is -0.972. The van der Waals surface area contributed by atoms with E-state index in [0.717, 1.165) is 10.4 Å². The Kier molecular flexibility index (Phi) is 3.72. The van der Waals surface area contributed by atoms with E-state index < -0.39 is 21.7 Å². The zero-order chi connectivity index (χ0) is 14.0. The molecule has 19 heavy (non-hydrogen) atoms. The van der Waals surface area contributed by atoms with Crippen LogP contribution in [-0.2, 0) is 14.8 Å². The van der Waals surface area contributed by atoms with Crippen molar-refractivity contribution >= 4 is 27.3 Å². The number of nitrogens with two attached hydrogens (primary N) is 1. The van der Waals surface area contributed by atoms with Gasteiger partial charge in [-0.2, -0.15) is 4.31 Å². The van der Waals surface area contributed by atoms with Crippen LogP contribution in [0.1, 0.15) is 6.42 Å². The molecule has 1 saturated heterocycles. The number of hydrogen-bond acceptors (Lipinski definition) is 4. The first-order valence-corrected chi connectivity index (χ1v) is 7.32. The van der Waals surface area contributed by atoms with E-state index in [0.29, 0.717) is 18.7 Å². The molecule has 0 unspecified atom stereocenters. The van der Waals surface area contributed by atoms with Gasteiger partial charge in [-0.25, -0.2) is 12.8 Å². The summed E-state index contributed by atoms with van der Waals surface area (Å²) in [4.78, 5) is 11.7. The molecule has 0 aliphatic carbocycles. The Morgan fingerprint density at radius 2 is 2.21 bits per heavy atom. The van der Waals surface area contributed by atoms with Gasteiger partial charge in [-0.3, -0.25) is 4.79 Å². The highest BCUT2D eigenvalue weighted by atomic mass is 32.2. The molecular formula is C11H14FN3O3S. The highest BCUT2D eigenvalue weighted by Crippen LogP contribution is 2.17. The molecule has 6 nitrogen and oxygen atoms in total. The van der Waals surface area contributed by atoms with Gasteiger partial charge in [-0.1, -0.05) is 0 Å². The highest BCUT2D eigenvalue weighted by Gasteiger charge is 2.29. The van der Waals surface area contributed by atoms with Gasteiger partial charge >= 0.3 is 0 Å². The summed E-state index contributed by atoms with van der Waals surface area (Å²) in [6.45, 7) is 0.112. The summed E-state index contributed by atoms with van der Waals surface area (Å²) >= 11 is 0. The first-order chi connectivity index (χ1) is 8.88. The lowest BCUT2D eigenvalue weighted by Crippen LogP contribution is -2.34. The Bertz CT molecular complexity index is 603. The quantitative estimate of drug-likeness (QED) is 0.786. The van der Waals surface area contributed by atoms with Crippen LogP contribution in [0.3, 0.4) is 0 Å². The van der Waals surface area contributed by atoms with Crippen molar-refractivity contribution in [3.63, 3.8) is 0 Å².